The lowest BCUT2D eigenvalue weighted by atomic mass is 10.2. The number of alkyl halides is 3. The van der Waals surface area contributed by atoms with Crippen LogP contribution in [0, 0.1) is 0 Å². The normalized spacial score (nSPS) is 13.7. The van der Waals surface area contributed by atoms with Crippen LogP contribution in [0.5, 0.6) is 5.75 Å². The fourth-order valence-corrected chi connectivity index (χ4v) is 1.23. The Hall–Kier alpha value is -1.30. The third kappa shape index (κ3) is 4.52. The molecule has 0 spiro atoms. The third-order valence-electron chi connectivity index (χ3n) is 2.34. The molecule has 0 saturated heterocycles. The molecule has 0 aliphatic heterocycles. The minimum atomic E-state index is -4.38. The second-order valence-electron chi connectivity index (χ2n) is 4.32. The Labute approximate surface area is 104 Å². The van der Waals surface area contributed by atoms with Gasteiger partial charge in [0.1, 0.15) is 5.75 Å². The van der Waals surface area contributed by atoms with Gasteiger partial charge in [-0.3, -0.25) is 4.98 Å². The number of nitrogens with zero attached hydrogens (tertiary/aromatic N) is 1. The molecule has 102 valence electrons. The highest BCUT2D eigenvalue weighted by molar-refractivity contribution is 5.30. The molecule has 1 atom stereocenters. The summed E-state index contributed by atoms with van der Waals surface area (Å²) in [6, 6.07) is 1.89. The van der Waals surface area contributed by atoms with Crippen molar-refractivity contribution >= 4 is 0 Å². The minimum absolute atomic E-state index is 0.162. The molecule has 1 unspecified atom stereocenters. The van der Waals surface area contributed by atoms with E-state index < -0.39 is 12.3 Å². The number of rotatable bonds is 5. The van der Waals surface area contributed by atoms with E-state index in [2.05, 4.69) is 10.3 Å². The minimum Gasteiger partial charge on any atom is -0.479 e. The quantitative estimate of drug-likeness (QED) is 0.886. The second kappa shape index (κ2) is 6.04. The largest absolute Gasteiger partial charge is 0.479 e. The molecule has 0 fully saturated rings. The highest BCUT2D eigenvalue weighted by atomic mass is 19.4. The lowest BCUT2D eigenvalue weighted by molar-refractivity contribution is -0.189. The smallest absolute Gasteiger partial charge is 0.425 e. The van der Waals surface area contributed by atoms with Gasteiger partial charge in [-0.1, -0.05) is 13.8 Å². The number of halogens is 3. The van der Waals surface area contributed by atoms with E-state index in [1.54, 1.807) is 6.07 Å². The van der Waals surface area contributed by atoms with E-state index >= 15 is 0 Å². The zero-order valence-corrected chi connectivity index (χ0v) is 10.6. The van der Waals surface area contributed by atoms with Gasteiger partial charge in [0.05, 0.1) is 6.20 Å². The Kier molecular flexibility index (Phi) is 4.95. The number of aromatic nitrogens is 1. The molecule has 18 heavy (non-hydrogen) atoms. The summed E-state index contributed by atoms with van der Waals surface area (Å²) < 4.78 is 42.2. The first kappa shape index (κ1) is 14.8. The molecule has 6 heteroatoms. The topological polar surface area (TPSA) is 34.2 Å². The molecule has 1 aromatic rings. The number of ether oxygens (including phenoxy) is 1. The van der Waals surface area contributed by atoms with Crippen molar-refractivity contribution in [1.82, 2.24) is 10.3 Å². The first-order valence-corrected chi connectivity index (χ1v) is 5.70. The van der Waals surface area contributed by atoms with Gasteiger partial charge in [-0.05, 0) is 13.0 Å². The fraction of sp³-hybridized carbons (Fsp3) is 0.583. The van der Waals surface area contributed by atoms with Crippen molar-refractivity contribution in [3.8, 4) is 5.75 Å². The molecule has 3 nitrogen and oxygen atoms in total. The maximum absolute atomic E-state index is 12.4. The van der Waals surface area contributed by atoms with Gasteiger partial charge in [0.25, 0.3) is 0 Å². The molecule has 1 heterocycles. The van der Waals surface area contributed by atoms with E-state index in [9.17, 15) is 13.2 Å². The van der Waals surface area contributed by atoms with Crippen molar-refractivity contribution < 1.29 is 17.9 Å². The predicted octanol–water partition coefficient (Wildman–Crippen LogP) is 2.91. The summed E-state index contributed by atoms with van der Waals surface area (Å²) in [5, 5.41) is 3.13. The van der Waals surface area contributed by atoms with E-state index in [1.165, 1.54) is 12.4 Å². The fourth-order valence-electron chi connectivity index (χ4n) is 1.23. The Balaban J connectivity index is 2.76. The molecule has 0 aromatic carbocycles. The zero-order valence-electron chi connectivity index (χ0n) is 10.6. The molecule has 1 N–H and O–H groups in total. The van der Waals surface area contributed by atoms with Crippen LogP contribution in [-0.2, 0) is 6.54 Å². The first-order chi connectivity index (χ1) is 8.30. The molecule has 0 radical (unpaired) electrons. The van der Waals surface area contributed by atoms with Crippen LogP contribution in [-0.4, -0.2) is 23.3 Å². The third-order valence-corrected chi connectivity index (χ3v) is 2.34. The van der Waals surface area contributed by atoms with Crippen LogP contribution in [0.4, 0.5) is 13.2 Å². The molecular weight excluding hydrogens is 245 g/mol. The second-order valence-corrected chi connectivity index (χ2v) is 4.32. The van der Waals surface area contributed by atoms with Crippen LogP contribution < -0.4 is 10.1 Å². The molecular formula is C12H17F3N2O. The van der Waals surface area contributed by atoms with Gasteiger partial charge in [-0.15, -0.1) is 0 Å². The van der Waals surface area contributed by atoms with Gasteiger partial charge >= 0.3 is 6.18 Å². The van der Waals surface area contributed by atoms with Gasteiger partial charge < -0.3 is 10.1 Å². The van der Waals surface area contributed by atoms with E-state index in [0.29, 0.717) is 12.1 Å². The number of nitrogens with one attached hydrogen (secondary N) is 1. The standard InChI is InChI=1S/C12H17F3N2O/c1-8(2)17-6-10-4-5-16-7-11(10)18-9(3)12(13,14)15/h4-5,7-9,17H,6H2,1-3H3. The van der Waals surface area contributed by atoms with E-state index in [-0.39, 0.29) is 11.8 Å². The monoisotopic (exact) mass is 262 g/mol. The van der Waals surface area contributed by atoms with Crippen LogP contribution in [0.3, 0.4) is 0 Å². The summed E-state index contributed by atoms with van der Waals surface area (Å²) in [7, 11) is 0. The van der Waals surface area contributed by atoms with Crippen molar-refractivity contribution in [2.24, 2.45) is 0 Å². The Morgan fingerprint density at radius 1 is 1.33 bits per heavy atom. The summed E-state index contributed by atoms with van der Waals surface area (Å²) in [5.41, 5.74) is 0.662. The lowest BCUT2D eigenvalue weighted by Crippen LogP contribution is -2.32. The van der Waals surface area contributed by atoms with Crippen LogP contribution in [0.15, 0.2) is 18.5 Å². The van der Waals surface area contributed by atoms with Crippen molar-refractivity contribution in [1.29, 1.82) is 0 Å². The average Bonchev–Trinajstić information content (AvgIpc) is 2.26. The summed E-state index contributed by atoms with van der Waals surface area (Å²) in [4.78, 5) is 3.79. The summed E-state index contributed by atoms with van der Waals surface area (Å²) in [6.07, 6.45) is -3.39. The summed E-state index contributed by atoms with van der Waals surface area (Å²) >= 11 is 0. The number of hydrogen-bond donors (Lipinski definition) is 1. The Morgan fingerprint density at radius 2 is 2.00 bits per heavy atom. The van der Waals surface area contributed by atoms with Crippen LogP contribution in [0.2, 0.25) is 0 Å². The maximum Gasteiger partial charge on any atom is 0.425 e. The molecule has 1 rings (SSSR count). The SMILES string of the molecule is CC(C)NCc1ccncc1OC(C)C(F)(F)F. The van der Waals surface area contributed by atoms with Gasteiger partial charge in [0, 0.05) is 24.3 Å². The van der Waals surface area contributed by atoms with Gasteiger partial charge in [-0.2, -0.15) is 13.2 Å². The van der Waals surface area contributed by atoms with E-state index in [4.69, 9.17) is 4.74 Å². The highest BCUT2D eigenvalue weighted by Crippen LogP contribution is 2.26. The summed E-state index contributed by atoms with van der Waals surface area (Å²) in [6.45, 7) is 5.34. The number of hydrogen-bond acceptors (Lipinski definition) is 3. The maximum atomic E-state index is 12.4. The summed E-state index contributed by atoms with van der Waals surface area (Å²) in [5.74, 6) is 0.162. The Morgan fingerprint density at radius 3 is 2.56 bits per heavy atom. The molecule has 1 aromatic heterocycles. The molecule has 0 bridgehead atoms. The van der Waals surface area contributed by atoms with E-state index in [0.717, 1.165) is 6.92 Å². The Bertz CT molecular complexity index is 380. The van der Waals surface area contributed by atoms with Gasteiger partial charge in [0.15, 0.2) is 6.10 Å². The van der Waals surface area contributed by atoms with Crippen LogP contribution in [0.25, 0.3) is 0 Å². The van der Waals surface area contributed by atoms with Crippen LogP contribution >= 0.6 is 0 Å². The predicted molar refractivity (Wildman–Crippen MR) is 62.4 cm³/mol. The van der Waals surface area contributed by atoms with Crippen molar-refractivity contribution in [2.75, 3.05) is 0 Å². The van der Waals surface area contributed by atoms with E-state index in [1.807, 2.05) is 13.8 Å². The molecule has 0 aliphatic carbocycles. The van der Waals surface area contributed by atoms with Crippen molar-refractivity contribution in [2.45, 2.75) is 45.6 Å². The zero-order chi connectivity index (χ0) is 13.8. The molecule has 0 amide bonds. The average molecular weight is 262 g/mol. The highest BCUT2D eigenvalue weighted by Gasteiger charge is 2.38. The van der Waals surface area contributed by atoms with Crippen molar-refractivity contribution in [3.63, 3.8) is 0 Å². The molecule has 0 aliphatic rings. The first-order valence-electron chi connectivity index (χ1n) is 5.70. The number of pyridine rings is 1. The van der Waals surface area contributed by atoms with Gasteiger partial charge in [-0.25, -0.2) is 0 Å². The van der Waals surface area contributed by atoms with Gasteiger partial charge in [0.2, 0.25) is 0 Å². The van der Waals surface area contributed by atoms with Crippen molar-refractivity contribution in [3.05, 3.63) is 24.0 Å². The molecule has 0 saturated carbocycles. The lowest BCUT2D eigenvalue weighted by Gasteiger charge is -2.19. The van der Waals surface area contributed by atoms with Crippen LogP contribution in [0.1, 0.15) is 26.3 Å².